The van der Waals surface area contributed by atoms with Crippen LogP contribution in [-0.2, 0) is 0 Å². The van der Waals surface area contributed by atoms with E-state index in [0.717, 1.165) is 18.3 Å². The first kappa shape index (κ1) is 19.7. The van der Waals surface area contributed by atoms with Crippen LogP contribution in [0.1, 0.15) is 5.56 Å². The van der Waals surface area contributed by atoms with Gasteiger partial charge in [-0.15, -0.1) is 0 Å². The van der Waals surface area contributed by atoms with Gasteiger partial charge in [0.1, 0.15) is 5.75 Å². The highest BCUT2D eigenvalue weighted by Crippen LogP contribution is 2.31. The van der Waals surface area contributed by atoms with Crippen LogP contribution < -0.4 is 20.6 Å². The fourth-order valence-corrected chi connectivity index (χ4v) is 2.48. The Morgan fingerprint density at radius 2 is 2.08 bits per heavy atom. The Bertz CT molecular complexity index is 892. The average molecular weight is 414 g/mol. The van der Waals surface area contributed by atoms with Crippen LogP contribution in [0.2, 0.25) is 10.0 Å². The van der Waals surface area contributed by atoms with Crippen molar-refractivity contribution in [3.8, 4) is 11.5 Å². The number of halogens is 2. The van der Waals surface area contributed by atoms with Gasteiger partial charge in [-0.25, -0.2) is 0 Å². The molecule has 2 N–H and O–H groups in total. The van der Waals surface area contributed by atoms with Gasteiger partial charge in [0.05, 0.1) is 35.0 Å². The summed E-state index contributed by atoms with van der Waals surface area (Å²) in [6.45, 7) is 0. The smallest absolute Gasteiger partial charge is 0.273 e. The van der Waals surface area contributed by atoms with E-state index in [4.69, 9.17) is 40.2 Å². The molecule has 2 aromatic carbocycles. The number of nitro benzene ring substituents is 1. The minimum Gasteiger partial charge on any atom is -0.870 e. The van der Waals surface area contributed by atoms with E-state index in [0.29, 0.717) is 15.7 Å². The summed E-state index contributed by atoms with van der Waals surface area (Å²) in [5.74, 6) is -0.697. The summed E-state index contributed by atoms with van der Waals surface area (Å²) in [5.41, 5.74) is 2.66. The summed E-state index contributed by atoms with van der Waals surface area (Å²) in [6, 6.07) is 6.92. The molecule has 136 valence electrons. The van der Waals surface area contributed by atoms with Gasteiger partial charge in [0.25, 0.3) is 5.69 Å². The fourth-order valence-electron chi connectivity index (χ4n) is 1.86. The molecule has 0 atom stereocenters. The number of non-ortho nitro benzene ring substituents is 1. The van der Waals surface area contributed by atoms with Crippen molar-refractivity contribution in [1.82, 2.24) is 5.43 Å². The van der Waals surface area contributed by atoms with E-state index in [9.17, 15) is 15.2 Å². The first-order valence-electron chi connectivity index (χ1n) is 6.90. The third kappa shape index (κ3) is 4.94. The molecule has 0 aliphatic rings. The van der Waals surface area contributed by atoms with Crippen molar-refractivity contribution >= 4 is 58.1 Å². The molecule has 11 heteroatoms. The third-order valence-corrected chi connectivity index (χ3v) is 3.79. The van der Waals surface area contributed by atoms with E-state index < -0.39 is 10.7 Å². The zero-order valence-corrected chi connectivity index (χ0v) is 15.5. The van der Waals surface area contributed by atoms with Gasteiger partial charge in [0, 0.05) is 11.1 Å². The number of thiocarbonyl (C=S) groups is 1. The quantitative estimate of drug-likeness (QED) is 0.334. The number of anilines is 1. The predicted octanol–water partition coefficient (Wildman–Crippen LogP) is 3.30. The number of nitrogens with one attached hydrogen (secondary N) is 2. The van der Waals surface area contributed by atoms with E-state index in [2.05, 4.69) is 15.8 Å². The highest BCUT2D eigenvalue weighted by molar-refractivity contribution is 7.80. The second-order valence-electron chi connectivity index (χ2n) is 4.77. The number of hydrogen-bond acceptors (Lipinski definition) is 6. The number of rotatable bonds is 5. The molecule has 0 aliphatic carbocycles. The topological polar surface area (TPSA) is 112 Å². The molecule has 2 rings (SSSR count). The molecule has 8 nitrogen and oxygen atoms in total. The zero-order valence-electron chi connectivity index (χ0n) is 13.2. The Kier molecular flexibility index (Phi) is 6.56. The van der Waals surface area contributed by atoms with Crippen LogP contribution in [0.25, 0.3) is 0 Å². The van der Waals surface area contributed by atoms with Crippen LogP contribution in [0, 0.1) is 10.1 Å². The molecule has 2 aromatic rings. The molecule has 0 fully saturated rings. The lowest BCUT2D eigenvalue weighted by molar-refractivity contribution is -0.385. The fraction of sp³-hybridized carbons (Fsp3) is 0.0667. The van der Waals surface area contributed by atoms with E-state index in [1.807, 2.05) is 0 Å². The summed E-state index contributed by atoms with van der Waals surface area (Å²) in [7, 11) is 1.24. The number of hydrogen-bond donors (Lipinski definition) is 2. The first-order chi connectivity index (χ1) is 12.3. The standard InChI is InChI=1S/C15H12Cl2N4O4S/c1-25-13-6-10(21(23)24)4-8(14(13)22)7-18-20-15(26)19-12-3-2-9(16)5-11(12)17/h2-7,22H,1H3,(H2,19,20,26)/p-1. The van der Waals surface area contributed by atoms with Crippen molar-refractivity contribution in [2.24, 2.45) is 5.10 Å². The number of ether oxygens (including phenoxy) is 1. The van der Waals surface area contributed by atoms with Crippen LogP contribution in [0.3, 0.4) is 0 Å². The van der Waals surface area contributed by atoms with Gasteiger partial charge in [-0.3, -0.25) is 15.5 Å². The van der Waals surface area contributed by atoms with E-state index >= 15 is 0 Å². The van der Waals surface area contributed by atoms with Gasteiger partial charge < -0.3 is 15.2 Å². The number of hydrazone groups is 1. The number of nitro groups is 1. The Morgan fingerprint density at radius 3 is 2.69 bits per heavy atom. The Balaban J connectivity index is 2.11. The number of nitrogens with zero attached hydrogens (tertiary/aromatic N) is 2. The van der Waals surface area contributed by atoms with Crippen LogP contribution in [0.4, 0.5) is 11.4 Å². The average Bonchev–Trinajstić information content (AvgIpc) is 2.58. The molecule has 0 saturated heterocycles. The predicted molar refractivity (Wildman–Crippen MR) is 103 cm³/mol. The van der Waals surface area contributed by atoms with Crippen molar-refractivity contribution in [2.75, 3.05) is 12.4 Å². The summed E-state index contributed by atoms with van der Waals surface area (Å²) in [4.78, 5) is 10.3. The largest absolute Gasteiger partial charge is 0.870 e. The van der Waals surface area contributed by atoms with E-state index in [-0.39, 0.29) is 22.1 Å². The molecule has 0 saturated carbocycles. The molecular formula is C15H11Cl2N4O4S-. The Labute approximate surface area is 163 Å². The monoisotopic (exact) mass is 413 g/mol. The van der Waals surface area contributed by atoms with Gasteiger partial charge >= 0.3 is 0 Å². The highest BCUT2D eigenvalue weighted by atomic mass is 35.5. The molecular weight excluding hydrogens is 403 g/mol. The summed E-state index contributed by atoms with van der Waals surface area (Å²) < 4.78 is 4.84. The van der Waals surface area contributed by atoms with Crippen molar-refractivity contribution in [2.45, 2.75) is 0 Å². The van der Waals surface area contributed by atoms with Crippen molar-refractivity contribution < 1.29 is 14.8 Å². The molecule has 0 heterocycles. The minimum absolute atomic E-state index is 0.0316. The zero-order chi connectivity index (χ0) is 19.3. The van der Waals surface area contributed by atoms with Gasteiger partial charge in [-0.2, -0.15) is 5.10 Å². The van der Waals surface area contributed by atoms with Crippen molar-refractivity contribution in [3.05, 3.63) is 56.1 Å². The molecule has 0 bridgehead atoms. The second kappa shape index (κ2) is 8.65. The normalized spacial score (nSPS) is 10.6. The SMILES string of the molecule is COc1cc([N+](=O)[O-])cc(C=NNC(=S)Nc2ccc(Cl)cc2Cl)c1[O-]. The van der Waals surface area contributed by atoms with Crippen LogP contribution in [0.15, 0.2) is 35.4 Å². The van der Waals surface area contributed by atoms with Crippen LogP contribution in [-0.4, -0.2) is 23.4 Å². The molecule has 0 radical (unpaired) electrons. The van der Waals surface area contributed by atoms with Gasteiger partial charge in [-0.1, -0.05) is 29.0 Å². The summed E-state index contributed by atoms with van der Waals surface area (Å²) >= 11 is 16.9. The lowest BCUT2D eigenvalue weighted by Gasteiger charge is -2.15. The van der Waals surface area contributed by atoms with Gasteiger partial charge in [0.15, 0.2) is 5.11 Å². The van der Waals surface area contributed by atoms with Gasteiger partial charge in [0.2, 0.25) is 0 Å². The van der Waals surface area contributed by atoms with E-state index in [1.54, 1.807) is 12.1 Å². The lowest BCUT2D eigenvalue weighted by Crippen LogP contribution is -2.24. The molecule has 0 spiro atoms. The Morgan fingerprint density at radius 1 is 1.35 bits per heavy atom. The molecule has 0 aromatic heterocycles. The molecule has 26 heavy (non-hydrogen) atoms. The van der Waals surface area contributed by atoms with Crippen LogP contribution >= 0.6 is 35.4 Å². The Hall–Kier alpha value is -2.62. The molecule has 0 amide bonds. The first-order valence-corrected chi connectivity index (χ1v) is 8.06. The number of methoxy groups -OCH3 is 1. The summed E-state index contributed by atoms with van der Waals surface area (Å²) in [6.07, 6.45) is 1.11. The van der Waals surface area contributed by atoms with Gasteiger partial charge in [-0.05, 0) is 36.0 Å². The minimum atomic E-state index is -0.637. The number of benzene rings is 2. The van der Waals surface area contributed by atoms with Crippen molar-refractivity contribution in [1.29, 1.82) is 0 Å². The van der Waals surface area contributed by atoms with Crippen LogP contribution in [0.5, 0.6) is 11.5 Å². The maximum atomic E-state index is 12.1. The molecule has 0 unspecified atom stereocenters. The lowest BCUT2D eigenvalue weighted by atomic mass is 10.2. The second-order valence-corrected chi connectivity index (χ2v) is 6.02. The molecule has 0 aliphatic heterocycles. The maximum absolute atomic E-state index is 12.1. The maximum Gasteiger partial charge on any atom is 0.273 e. The summed E-state index contributed by atoms with van der Waals surface area (Å²) in [5, 5.41) is 30.5. The third-order valence-electron chi connectivity index (χ3n) is 3.05. The van der Waals surface area contributed by atoms with E-state index in [1.165, 1.54) is 13.2 Å². The highest BCUT2D eigenvalue weighted by Gasteiger charge is 2.11. The van der Waals surface area contributed by atoms with Crippen molar-refractivity contribution in [3.63, 3.8) is 0 Å².